The molecule has 0 N–H and O–H groups in total. The first kappa shape index (κ1) is 11.4. The molecule has 0 spiro atoms. The van der Waals surface area contributed by atoms with Crippen LogP contribution >= 0.6 is 0 Å². The van der Waals surface area contributed by atoms with E-state index in [1.807, 2.05) is 0 Å². The molecule has 1 heteroatoms. The van der Waals surface area contributed by atoms with Gasteiger partial charge in [-0.25, -0.2) is 0 Å². The van der Waals surface area contributed by atoms with Crippen molar-refractivity contribution in [3.05, 3.63) is 20.6 Å². The molecule has 13 heavy (non-hydrogen) atoms. The molecule has 0 amide bonds. The molecule has 1 aliphatic rings. The Morgan fingerprint density at radius 3 is 2.38 bits per heavy atom. The van der Waals surface area contributed by atoms with Gasteiger partial charge in [0.25, 0.3) is 0 Å². The van der Waals surface area contributed by atoms with E-state index >= 15 is 0 Å². The van der Waals surface area contributed by atoms with Crippen molar-refractivity contribution < 1.29 is 24.4 Å². The molecule has 1 aliphatic carbocycles. The van der Waals surface area contributed by atoms with Gasteiger partial charge in [0.1, 0.15) is 0 Å². The third-order valence-electron chi connectivity index (χ3n) is 2.59. The van der Waals surface area contributed by atoms with Gasteiger partial charge in [-0.3, -0.25) is 0 Å². The summed E-state index contributed by atoms with van der Waals surface area (Å²) >= 11 is 1.25. The van der Waals surface area contributed by atoms with Crippen molar-refractivity contribution in [2.45, 2.75) is 47.0 Å². The first-order valence-corrected chi connectivity index (χ1v) is 6.89. The maximum absolute atomic E-state index is 2.46. The molecule has 0 fully saturated rings. The predicted octanol–water partition coefficient (Wildman–Crippen LogP) is 3.96. The summed E-state index contributed by atoms with van der Waals surface area (Å²) < 4.78 is 1.73. The van der Waals surface area contributed by atoms with Crippen LogP contribution in [-0.4, -0.2) is 0 Å². The van der Waals surface area contributed by atoms with Crippen molar-refractivity contribution in [2.24, 2.45) is 5.41 Å². The van der Waals surface area contributed by atoms with Crippen LogP contribution in [-0.2, 0) is 24.4 Å². The molecule has 0 atom stereocenters. The fraction of sp³-hybridized carbons (Fsp3) is 0.667. The van der Waals surface area contributed by atoms with Gasteiger partial charge in [0.15, 0.2) is 0 Å². The van der Waals surface area contributed by atoms with E-state index in [0.717, 1.165) is 0 Å². The fourth-order valence-corrected chi connectivity index (χ4v) is 3.02. The number of hydrogen-bond donors (Lipinski definition) is 0. The molecule has 71 valence electrons. The van der Waals surface area contributed by atoms with Crippen molar-refractivity contribution in [1.82, 2.24) is 0 Å². The molecule has 0 heterocycles. The van der Waals surface area contributed by atoms with Crippen molar-refractivity contribution in [3.8, 4) is 0 Å². The SMILES string of the molecule is CCCC1=[C]([Hf])CC(C(C)(C)C)=C1. The number of allylic oxidation sites excluding steroid dienone is 4. The van der Waals surface area contributed by atoms with Gasteiger partial charge < -0.3 is 0 Å². The van der Waals surface area contributed by atoms with Gasteiger partial charge in [0, 0.05) is 0 Å². The molecule has 0 aromatic rings. The zero-order valence-corrected chi connectivity index (χ0v) is 12.8. The van der Waals surface area contributed by atoms with Crippen molar-refractivity contribution in [2.75, 3.05) is 0 Å². The first-order valence-electron chi connectivity index (χ1n) is 5.10. The van der Waals surface area contributed by atoms with Crippen LogP contribution in [0.25, 0.3) is 0 Å². The summed E-state index contributed by atoms with van der Waals surface area (Å²) in [6.07, 6.45) is 6.31. The molecule has 0 unspecified atom stereocenters. The van der Waals surface area contributed by atoms with Gasteiger partial charge in [-0.05, 0) is 0 Å². The van der Waals surface area contributed by atoms with Gasteiger partial charge >= 0.3 is 97.3 Å². The van der Waals surface area contributed by atoms with E-state index in [1.165, 1.54) is 43.6 Å². The third-order valence-corrected chi connectivity index (χ3v) is 4.37. The van der Waals surface area contributed by atoms with Crippen LogP contribution in [0, 0.1) is 5.41 Å². The normalized spacial score (nSPS) is 17.9. The first-order chi connectivity index (χ1) is 5.95. The molecule has 1 rings (SSSR count). The van der Waals surface area contributed by atoms with E-state index in [1.54, 1.807) is 14.5 Å². The Morgan fingerprint density at radius 1 is 1.38 bits per heavy atom. The van der Waals surface area contributed by atoms with E-state index in [-0.39, 0.29) is 0 Å². The van der Waals surface area contributed by atoms with Gasteiger partial charge in [0.2, 0.25) is 0 Å². The second-order valence-corrected chi connectivity index (χ2v) is 7.02. The Hall–Kier alpha value is 0.350. The van der Waals surface area contributed by atoms with Crippen LogP contribution < -0.4 is 0 Å². The quantitative estimate of drug-likeness (QED) is 0.667. The summed E-state index contributed by atoms with van der Waals surface area (Å²) in [6, 6.07) is 0. The monoisotopic (exact) mass is 343 g/mol. The average Bonchev–Trinajstić information content (AvgIpc) is 2.32. The summed E-state index contributed by atoms with van der Waals surface area (Å²) in [5, 5.41) is 0. The Bertz CT molecular complexity index is 251. The van der Waals surface area contributed by atoms with Crippen LogP contribution in [0.1, 0.15) is 47.0 Å². The van der Waals surface area contributed by atoms with E-state index < -0.39 is 0 Å². The molecule has 0 nitrogen and oxygen atoms in total. The predicted molar refractivity (Wildman–Crippen MR) is 54.1 cm³/mol. The molecule has 0 aliphatic heterocycles. The van der Waals surface area contributed by atoms with Crippen molar-refractivity contribution in [3.63, 3.8) is 0 Å². The fourth-order valence-electron chi connectivity index (χ4n) is 1.63. The van der Waals surface area contributed by atoms with Crippen LogP contribution in [0.4, 0.5) is 0 Å². The standard InChI is InChI=1S/C12H19.Hf/c1-5-6-10-7-8-11(9-10)12(2,3)4;/h9H,5-6,8H2,1-4H3;. The van der Waals surface area contributed by atoms with Crippen molar-refractivity contribution in [1.29, 1.82) is 0 Å². The molecule has 0 aromatic carbocycles. The Morgan fingerprint density at radius 2 is 2.00 bits per heavy atom. The number of rotatable bonds is 2. The zero-order valence-electron chi connectivity index (χ0n) is 9.20. The average molecular weight is 342 g/mol. The summed E-state index contributed by atoms with van der Waals surface area (Å²) in [5.74, 6) is 0. The zero-order chi connectivity index (χ0) is 10.1. The van der Waals surface area contributed by atoms with Gasteiger partial charge in [-0.1, -0.05) is 0 Å². The molecule has 0 saturated heterocycles. The van der Waals surface area contributed by atoms with Gasteiger partial charge in [-0.2, -0.15) is 0 Å². The Balaban J connectivity index is 2.76. The second kappa shape index (κ2) is 4.25. The molecular weight excluding hydrogens is 323 g/mol. The topological polar surface area (TPSA) is 0 Å². The van der Waals surface area contributed by atoms with Crippen LogP contribution in [0.15, 0.2) is 20.6 Å². The van der Waals surface area contributed by atoms with Gasteiger partial charge in [-0.15, -0.1) is 0 Å². The minimum atomic E-state index is 0.380. The minimum absolute atomic E-state index is 0.380. The summed E-state index contributed by atoms with van der Waals surface area (Å²) in [5.41, 5.74) is 3.67. The molecule has 0 aromatic heterocycles. The van der Waals surface area contributed by atoms with E-state index in [0.29, 0.717) is 5.41 Å². The maximum atomic E-state index is 2.46. The molecule has 0 saturated carbocycles. The molecular formula is C12H19Hf. The molecule has 0 radical (unpaired) electrons. The van der Waals surface area contributed by atoms with E-state index in [2.05, 4.69) is 33.8 Å². The van der Waals surface area contributed by atoms with E-state index in [4.69, 9.17) is 0 Å². The Kier molecular flexibility index (Phi) is 3.73. The third kappa shape index (κ3) is 2.90. The number of hydrogen-bond acceptors (Lipinski definition) is 0. The summed E-state index contributed by atoms with van der Waals surface area (Å²) in [7, 11) is 0. The van der Waals surface area contributed by atoms with Crippen LogP contribution in [0.5, 0.6) is 0 Å². The van der Waals surface area contributed by atoms with Crippen LogP contribution in [0.2, 0.25) is 0 Å². The summed E-state index contributed by atoms with van der Waals surface area (Å²) in [4.78, 5) is 0. The van der Waals surface area contributed by atoms with E-state index in [9.17, 15) is 0 Å². The van der Waals surface area contributed by atoms with Gasteiger partial charge in [0.05, 0.1) is 0 Å². The van der Waals surface area contributed by atoms with Crippen LogP contribution in [0.3, 0.4) is 0 Å². The molecule has 0 bridgehead atoms. The van der Waals surface area contributed by atoms with Crippen molar-refractivity contribution >= 4 is 0 Å². The Labute approximate surface area is 97.1 Å². The second-order valence-electron chi connectivity index (χ2n) is 4.85. The summed E-state index contributed by atoms with van der Waals surface area (Å²) in [6.45, 7) is 9.23.